The Labute approximate surface area is 101 Å². The zero-order valence-corrected chi connectivity index (χ0v) is 10.1. The van der Waals surface area contributed by atoms with Gasteiger partial charge in [0.2, 0.25) is 5.91 Å². The first kappa shape index (κ1) is 10.8. The largest absolute Gasteiger partial charge is 0.353 e. The van der Waals surface area contributed by atoms with E-state index in [0.717, 1.165) is 12.8 Å². The molecule has 3 nitrogen and oxygen atoms in total. The minimum Gasteiger partial charge on any atom is -0.353 e. The molecule has 2 aliphatic rings. The highest BCUT2D eigenvalue weighted by molar-refractivity contribution is 5.78. The molecule has 3 heteroatoms. The monoisotopic (exact) mass is 231 g/mol. The van der Waals surface area contributed by atoms with Crippen molar-refractivity contribution in [2.75, 3.05) is 6.61 Å². The first-order valence-corrected chi connectivity index (χ1v) is 6.22. The first-order valence-electron chi connectivity index (χ1n) is 6.22. The minimum absolute atomic E-state index is 0.0917. The number of amides is 1. The number of rotatable bonds is 1. The second-order valence-corrected chi connectivity index (χ2v) is 5.03. The van der Waals surface area contributed by atoms with Crippen LogP contribution in [-0.2, 0) is 9.53 Å². The van der Waals surface area contributed by atoms with E-state index in [-0.39, 0.29) is 17.7 Å². The Morgan fingerprint density at radius 1 is 1.35 bits per heavy atom. The number of ether oxygens (including phenoxy) is 1. The zero-order valence-electron chi connectivity index (χ0n) is 10.1. The highest BCUT2D eigenvalue weighted by Crippen LogP contribution is 2.42. The predicted molar refractivity (Wildman–Crippen MR) is 64.2 cm³/mol. The van der Waals surface area contributed by atoms with E-state index in [9.17, 15) is 4.79 Å². The molecule has 0 saturated carbocycles. The third-order valence-electron chi connectivity index (χ3n) is 3.86. The van der Waals surface area contributed by atoms with Gasteiger partial charge in [-0.1, -0.05) is 30.3 Å². The molecule has 90 valence electrons. The first-order chi connectivity index (χ1) is 8.21. The maximum Gasteiger partial charge on any atom is 0.225 e. The van der Waals surface area contributed by atoms with Crippen LogP contribution in [0.3, 0.4) is 0 Å². The third kappa shape index (κ3) is 1.65. The van der Waals surface area contributed by atoms with Crippen LogP contribution < -0.4 is 0 Å². The molecule has 1 aromatic rings. The number of carbonyl (C=O) groups excluding carboxylic acids is 1. The number of fused-ring (bicyclic) bond motifs is 1. The molecule has 2 fully saturated rings. The second-order valence-electron chi connectivity index (χ2n) is 5.03. The summed E-state index contributed by atoms with van der Waals surface area (Å²) in [6.45, 7) is 2.65. The number of benzene rings is 1. The van der Waals surface area contributed by atoms with Gasteiger partial charge in [-0.05, 0) is 25.3 Å². The van der Waals surface area contributed by atoms with Gasteiger partial charge in [-0.25, -0.2) is 0 Å². The molecule has 1 aromatic carbocycles. The number of hydrogen-bond donors (Lipinski definition) is 0. The average molecular weight is 231 g/mol. The van der Waals surface area contributed by atoms with Crippen molar-refractivity contribution < 1.29 is 9.53 Å². The molecule has 0 aromatic heterocycles. The van der Waals surface area contributed by atoms with Gasteiger partial charge < -0.3 is 9.64 Å². The maximum absolute atomic E-state index is 12.1. The van der Waals surface area contributed by atoms with Gasteiger partial charge in [0.05, 0.1) is 12.6 Å². The predicted octanol–water partition coefficient (Wildman–Crippen LogP) is 2.49. The molecule has 2 aliphatic heterocycles. The van der Waals surface area contributed by atoms with Crippen LogP contribution >= 0.6 is 0 Å². The van der Waals surface area contributed by atoms with Gasteiger partial charge >= 0.3 is 0 Å². The lowest BCUT2D eigenvalue weighted by molar-refractivity contribution is -0.156. The molecule has 2 saturated heterocycles. The number of piperidine rings is 1. The van der Waals surface area contributed by atoms with Gasteiger partial charge in [-0.2, -0.15) is 0 Å². The van der Waals surface area contributed by atoms with Crippen molar-refractivity contribution in [1.82, 2.24) is 4.90 Å². The fourth-order valence-electron chi connectivity index (χ4n) is 2.97. The van der Waals surface area contributed by atoms with Crippen LogP contribution in [0.5, 0.6) is 0 Å². The molecular formula is C14H17NO2. The fourth-order valence-corrected chi connectivity index (χ4v) is 2.97. The molecule has 1 amide bonds. The number of hydrogen-bond acceptors (Lipinski definition) is 2. The molecule has 0 unspecified atom stereocenters. The molecule has 2 heterocycles. The van der Waals surface area contributed by atoms with E-state index in [4.69, 9.17) is 4.74 Å². The number of nitrogens with zero attached hydrogens (tertiary/aromatic N) is 1. The molecular weight excluding hydrogens is 214 g/mol. The summed E-state index contributed by atoms with van der Waals surface area (Å²) in [6.07, 6.45) is 2.54. The van der Waals surface area contributed by atoms with Crippen LogP contribution in [0.25, 0.3) is 0 Å². The third-order valence-corrected chi connectivity index (χ3v) is 3.86. The SMILES string of the molecule is C[C@]12CCCC(=O)N1[C@@H](c1ccccc1)CO2. The molecule has 0 spiro atoms. The Morgan fingerprint density at radius 2 is 2.12 bits per heavy atom. The van der Waals surface area contributed by atoms with Gasteiger partial charge in [-0.15, -0.1) is 0 Å². The molecule has 2 atom stereocenters. The lowest BCUT2D eigenvalue weighted by atomic mass is 9.96. The maximum atomic E-state index is 12.1. The zero-order chi connectivity index (χ0) is 11.9. The van der Waals surface area contributed by atoms with E-state index in [0.29, 0.717) is 13.0 Å². The van der Waals surface area contributed by atoms with Crippen LogP contribution in [0, 0.1) is 0 Å². The Bertz CT molecular complexity index is 431. The lowest BCUT2D eigenvalue weighted by Gasteiger charge is -2.40. The van der Waals surface area contributed by atoms with Crippen molar-refractivity contribution >= 4 is 5.91 Å². The van der Waals surface area contributed by atoms with Crippen LogP contribution in [0.1, 0.15) is 37.8 Å². The molecule has 0 aliphatic carbocycles. The van der Waals surface area contributed by atoms with Crippen molar-refractivity contribution in [3.63, 3.8) is 0 Å². The molecule has 3 rings (SSSR count). The van der Waals surface area contributed by atoms with E-state index in [1.807, 2.05) is 30.0 Å². The van der Waals surface area contributed by atoms with Crippen molar-refractivity contribution in [3.05, 3.63) is 35.9 Å². The lowest BCUT2D eigenvalue weighted by Crippen LogP contribution is -2.49. The summed E-state index contributed by atoms with van der Waals surface area (Å²) < 4.78 is 5.89. The smallest absolute Gasteiger partial charge is 0.225 e. The van der Waals surface area contributed by atoms with E-state index < -0.39 is 0 Å². The molecule has 0 N–H and O–H groups in total. The fraction of sp³-hybridized carbons (Fsp3) is 0.500. The van der Waals surface area contributed by atoms with Crippen molar-refractivity contribution in [3.8, 4) is 0 Å². The number of carbonyl (C=O) groups is 1. The Hall–Kier alpha value is -1.35. The van der Waals surface area contributed by atoms with Gasteiger partial charge in [-0.3, -0.25) is 4.79 Å². The summed E-state index contributed by atoms with van der Waals surface area (Å²) in [5, 5.41) is 0. The summed E-state index contributed by atoms with van der Waals surface area (Å²) in [7, 11) is 0. The highest BCUT2D eigenvalue weighted by Gasteiger charge is 2.48. The van der Waals surface area contributed by atoms with Crippen LogP contribution in [-0.4, -0.2) is 23.1 Å². The quantitative estimate of drug-likeness (QED) is 0.743. The van der Waals surface area contributed by atoms with Gasteiger partial charge in [0.15, 0.2) is 0 Å². The summed E-state index contributed by atoms with van der Waals surface area (Å²) in [4.78, 5) is 14.1. The van der Waals surface area contributed by atoms with Crippen LogP contribution in [0.2, 0.25) is 0 Å². The highest BCUT2D eigenvalue weighted by atomic mass is 16.5. The van der Waals surface area contributed by atoms with Crippen molar-refractivity contribution in [1.29, 1.82) is 0 Å². The summed E-state index contributed by atoms with van der Waals surface area (Å²) in [5.74, 6) is 0.227. The molecule has 17 heavy (non-hydrogen) atoms. The van der Waals surface area contributed by atoms with Gasteiger partial charge in [0.25, 0.3) is 0 Å². The van der Waals surface area contributed by atoms with Crippen molar-refractivity contribution in [2.45, 2.75) is 38.0 Å². The standard InChI is InChI=1S/C14H17NO2/c1-14-9-5-8-13(16)15(14)12(10-17-14)11-6-3-2-4-7-11/h2-4,6-7,12H,5,8-10H2,1H3/t12-,14+/m1/s1. The van der Waals surface area contributed by atoms with E-state index in [1.54, 1.807) is 0 Å². The van der Waals surface area contributed by atoms with E-state index in [1.165, 1.54) is 5.56 Å². The summed E-state index contributed by atoms with van der Waals surface area (Å²) in [6, 6.07) is 10.3. The Kier molecular flexibility index (Phi) is 2.44. The van der Waals surface area contributed by atoms with Crippen LogP contribution in [0.15, 0.2) is 30.3 Å². The summed E-state index contributed by atoms with van der Waals surface area (Å²) in [5.41, 5.74) is 0.794. The average Bonchev–Trinajstić information content (AvgIpc) is 2.69. The van der Waals surface area contributed by atoms with Gasteiger partial charge in [0, 0.05) is 6.42 Å². The van der Waals surface area contributed by atoms with E-state index in [2.05, 4.69) is 12.1 Å². The minimum atomic E-state index is -0.379. The Morgan fingerprint density at radius 3 is 2.88 bits per heavy atom. The summed E-state index contributed by atoms with van der Waals surface area (Å²) >= 11 is 0. The topological polar surface area (TPSA) is 29.5 Å². The van der Waals surface area contributed by atoms with E-state index >= 15 is 0 Å². The normalized spacial score (nSPS) is 32.6. The second kappa shape index (κ2) is 3.84. The molecule has 0 radical (unpaired) electrons. The van der Waals surface area contributed by atoms with Crippen molar-refractivity contribution in [2.24, 2.45) is 0 Å². The Balaban J connectivity index is 1.95. The van der Waals surface area contributed by atoms with Crippen LogP contribution in [0.4, 0.5) is 0 Å². The van der Waals surface area contributed by atoms with Gasteiger partial charge in [0.1, 0.15) is 5.72 Å². The molecule has 0 bridgehead atoms.